The van der Waals surface area contributed by atoms with Crippen molar-refractivity contribution in [3.05, 3.63) is 12.4 Å². The Labute approximate surface area is 154 Å². The molecule has 3 rings (SSSR count). The molecule has 2 aromatic heterocycles. The number of hydrogen-bond donors (Lipinski definition) is 6. The highest BCUT2D eigenvalue weighted by Crippen LogP contribution is 2.42. The van der Waals surface area contributed by atoms with Gasteiger partial charge in [0.1, 0.15) is 18.3 Å². The highest BCUT2D eigenvalue weighted by atomic mass is 31.2. The van der Waals surface area contributed by atoms with Crippen molar-refractivity contribution >= 4 is 30.5 Å². The van der Waals surface area contributed by atoms with Crippen LogP contribution in [0.15, 0.2) is 6.33 Å². The van der Waals surface area contributed by atoms with Crippen LogP contribution in [0.1, 0.15) is 6.23 Å². The van der Waals surface area contributed by atoms with E-state index in [-0.39, 0.29) is 17.0 Å². The number of carbonyl (C=O) groups is 1. The van der Waals surface area contributed by atoms with Gasteiger partial charge in [0, 0.05) is 0 Å². The van der Waals surface area contributed by atoms with Gasteiger partial charge in [0.15, 0.2) is 23.2 Å². The van der Waals surface area contributed by atoms with Gasteiger partial charge in [-0.25, -0.2) is 9.78 Å². The molecule has 1 fully saturated rings. The van der Waals surface area contributed by atoms with E-state index in [1.165, 1.54) is 0 Å². The van der Waals surface area contributed by atoms with Crippen molar-refractivity contribution in [1.82, 2.24) is 19.5 Å². The molecule has 0 bridgehead atoms. The number of hydrogen-bond acceptors (Lipinski definition) is 10. The average Bonchev–Trinajstić information content (AvgIpc) is 3.09. The smallest absolute Gasteiger partial charge is 0.365 e. The maximum Gasteiger partial charge on any atom is 0.365 e. The van der Waals surface area contributed by atoms with Gasteiger partial charge >= 0.3 is 19.6 Å². The largest absolute Gasteiger partial charge is 0.479 e. The quantitative estimate of drug-likeness (QED) is 0.214. The van der Waals surface area contributed by atoms with Crippen LogP contribution >= 0.6 is 7.60 Å². The van der Waals surface area contributed by atoms with E-state index in [0.29, 0.717) is 0 Å². The normalized spacial score (nSPS) is 26.6. The van der Waals surface area contributed by atoms with Gasteiger partial charge in [0.05, 0.1) is 12.9 Å². The summed E-state index contributed by atoms with van der Waals surface area (Å²) >= 11 is 0. The molecule has 0 saturated carbocycles. The van der Waals surface area contributed by atoms with Gasteiger partial charge < -0.3 is 40.3 Å². The highest BCUT2D eigenvalue weighted by Gasteiger charge is 2.46. The van der Waals surface area contributed by atoms with Crippen LogP contribution in [0.25, 0.3) is 11.2 Å². The van der Waals surface area contributed by atoms with Crippen LogP contribution < -0.4 is 5.73 Å². The number of carboxylic acid groups (broad SMARTS) is 1. The van der Waals surface area contributed by atoms with E-state index in [9.17, 15) is 24.0 Å². The van der Waals surface area contributed by atoms with Gasteiger partial charge in [0.2, 0.25) is 0 Å². The van der Waals surface area contributed by atoms with Gasteiger partial charge in [0.25, 0.3) is 5.85 Å². The SMILES string of the molecule is Nc1nc(F)nc2c1ncn2[C@@H]1O[C@H](COC(C(=O)O)P(=O)(O)O)[C@@H](O)[C@H]1O. The Morgan fingerprint density at radius 2 is 2.07 bits per heavy atom. The van der Waals surface area contributed by atoms with Crippen molar-refractivity contribution in [3.63, 3.8) is 0 Å². The summed E-state index contributed by atoms with van der Waals surface area (Å²) in [6.45, 7) is -0.769. The Morgan fingerprint density at radius 1 is 1.39 bits per heavy atom. The Bertz CT molecular complexity index is 951. The topological polar surface area (TPSA) is 223 Å². The third-order valence-corrected chi connectivity index (χ3v) is 4.95. The van der Waals surface area contributed by atoms with Gasteiger partial charge in [-0.05, 0) is 0 Å². The minimum Gasteiger partial charge on any atom is -0.479 e. The van der Waals surface area contributed by atoms with E-state index in [2.05, 4.69) is 19.7 Å². The number of nitrogen functional groups attached to an aromatic ring is 1. The molecule has 154 valence electrons. The number of imidazole rings is 1. The second-order valence-corrected chi connectivity index (χ2v) is 7.51. The zero-order valence-electron chi connectivity index (χ0n) is 13.7. The number of anilines is 1. The molecule has 28 heavy (non-hydrogen) atoms. The lowest BCUT2D eigenvalue weighted by Gasteiger charge is -2.19. The van der Waals surface area contributed by atoms with E-state index in [1.54, 1.807) is 0 Å². The molecule has 3 heterocycles. The maximum atomic E-state index is 13.4. The summed E-state index contributed by atoms with van der Waals surface area (Å²) in [6.07, 6.45) is -6.00. The monoisotopic (exact) mass is 423 g/mol. The number of ether oxygens (including phenoxy) is 2. The number of aliphatic carboxylic acids is 1. The van der Waals surface area contributed by atoms with E-state index in [0.717, 1.165) is 10.9 Å². The molecular formula is C12H15FN5O9P. The maximum absolute atomic E-state index is 13.4. The van der Waals surface area contributed by atoms with Gasteiger partial charge in [-0.1, -0.05) is 0 Å². The van der Waals surface area contributed by atoms with Crippen LogP contribution in [0.3, 0.4) is 0 Å². The minimum atomic E-state index is -5.14. The van der Waals surface area contributed by atoms with Crippen LogP contribution in [0.5, 0.6) is 0 Å². The average molecular weight is 423 g/mol. The summed E-state index contributed by atoms with van der Waals surface area (Å²) in [7, 11) is -5.14. The molecule has 0 spiro atoms. The van der Waals surface area contributed by atoms with Crippen molar-refractivity contribution in [1.29, 1.82) is 0 Å². The molecule has 14 nitrogen and oxygen atoms in total. The van der Waals surface area contributed by atoms with Crippen LogP contribution in [0.2, 0.25) is 0 Å². The summed E-state index contributed by atoms with van der Waals surface area (Å²) in [4.78, 5) is 39.6. The molecule has 0 aliphatic carbocycles. The van der Waals surface area contributed by atoms with Crippen molar-refractivity contribution < 1.29 is 48.3 Å². The third kappa shape index (κ3) is 3.68. The first-order valence-corrected chi connectivity index (χ1v) is 9.25. The number of halogens is 1. The standard InChI is InChI=1S/C12H15FN5O9P/c13-12-16-7(14)4-8(17-12)18(2-15-4)9-6(20)5(19)3(27-9)1-26-11(10(21)22)28(23,24)25/h2-3,5-6,9,11,19-20H,1H2,(H,21,22)(H2,14,16,17)(H2,23,24,25)/t3-,5-,6-,9-,11?/m1/s1. The number of fused-ring (bicyclic) bond motifs is 1. The highest BCUT2D eigenvalue weighted by molar-refractivity contribution is 7.53. The number of aliphatic hydroxyl groups excluding tert-OH is 2. The fourth-order valence-corrected chi connectivity index (χ4v) is 3.26. The summed E-state index contributed by atoms with van der Waals surface area (Å²) in [6, 6.07) is 0. The van der Waals surface area contributed by atoms with E-state index < -0.39 is 56.6 Å². The molecule has 0 radical (unpaired) electrons. The van der Waals surface area contributed by atoms with E-state index in [1.807, 2.05) is 0 Å². The number of aliphatic hydroxyl groups is 2. The lowest BCUT2D eigenvalue weighted by molar-refractivity contribution is -0.149. The second-order valence-electron chi connectivity index (χ2n) is 5.86. The molecule has 16 heteroatoms. The molecule has 1 saturated heterocycles. The predicted molar refractivity (Wildman–Crippen MR) is 85.0 cm³/mol. The van der Waals surface area contributed by atoms with Crippen LogP contribution in [0, 0.1) is 6.08 Å². The third-order valence-electron chi connectivity index (χ3n) is 3.97. The lowest BCUT2D eigenvalue weighted by atomic mass is 10.1. The molecule has 1 aliphatic heterocycles. The van der Waals surface area contributed by atoms with E-state index >= 15 is 0 Å². The Balaban J connectivity index is 1.81. The van der Waals surface area contributed by atoms with Crippen molar-refractivity contribution in [2.24, 2.45) is 0 Å². The van der Waals surface area contributed by atoms with Crippen molar-refractivity contribution in [3.8, 4) is 0 Å². The first kappa shape index (κ1) is 20.5. The lowest BCUT2D eigenvalue weighted by Crippen LogP contribution is -2.36. The van der Waals surface area contributed by atoms with Crippen LogP contribution in [0.4, 0.5) is 10.2 Å². The predicted octanol–water partition coefficient (Wildman–Crippen LogP) is -2.23. The van der Waals surface area contributed by atoms with Crippen molar-refractivity contribution in [2.75, 3.05) is 12.3 Å². The molecule has 7 N–H and O–H groups in total. The summed E-state index contributed by atoms with van der Waals surface area (Å²) < 4.78 is 35.7. The minimum absolute atomic E-state index is 0.0128. The summed E-state index contributed by atoms with van der Waals surface area (Å²) in [5.41, 5.74) is 5.41. The first-order chi connectivity index (χ1) is 13.0. The Morgan fingerprint density at radius 3 is 2.68 bits per heavy atom. The summed E-state index contributed by atoms with van der Waals surface area (Å²) in [5, 5.41) is 29.1. The Hall–Kier alpha value is -2.26. The molecule has 0 aromatic carbocycles. The van der Waals surface area contributed by atoms with E-state index in [4.69, 9.17) is 25.4 Å². The Kier molecular flexibility index (Phi) is 5.33. The molecule has 5 atom stereocenters. The molecule has 0 amide bonds. The van der Waals surface area contributed by atoms with Gasteiger partial charge in [-0.2, -0.15) is 14.4 Å². The fraction of sp³-hybridized carbons (Fsp3) is 0.500. The van der Waals surface area contributed by atoms with Gasteiger partial charge in [-0.15, -0.1) is 0 Å². The number of nitrogens with two attached hydrogens (primary N) is 1. The van der Waals surface area contributed by atoms with Crippen LogP contribution in [-0.4, -0.2) is 81.4 Å². The van der Waals surface area contributed by atoms with Crippen LogP contribution in [-0.2, 0) is 18.8 Å². The van der Waals surface area contributed by atoms with Gasteiger partial charge in [-0.3, -0.25) is 9.13 Å². The number of carboxylic acids is 1. The zero-order valence-corrected chi connectivity index (χ0v) is 14.6. The first-order valence-electron chi connectivity index (χ1n) is 7.57. The second kappa shape index (κ2) is 7.29. The molecule has 1 aliphatic rings. The number of aromatic nitrogens is 4. The molecule has 1 unspecified atom stereocenters. The molecule has 2 aromatic rings. The number of rotatable bonds is 6. The van der Waals surface area contributed by atoms with Crippen molar-refractivity contribution in [2.45, 2.75) is 30.4 Å². The number of nitrogens with zero attached hydrogens (tertiary/aromatic N) is 4. The molecular weight excluding hydrogens is 408 g/mol. The zero-order chi connectivity index (χ0) is 20.8. The fourth-order valence-electron chi connectivity index (χ4n) is 2.69. The summed E-state index contributed by atoms with van der Waals surface area (Å²) in [5.74, 6) is -4.66.